The predicted molar refractivity (Wildman–Crippen MR) is 114 cm³/mol. The van der Waals surface area contributed by atoms with E-state index >= 15 is 0 Å². The first-order chi connectivity index (χ1) is 13.8. The molecule has 2 aromatic heterocycles. The number of nitrogens with zero attached hydrogens (tertiary/aromatic N) is 2. The molecule has 0 atom stereocenters. The van der Waals surface area contributed by atoms with Gasteiger partial charge >= 0.3 is 5.97 Å². The van der Waals surface area contributed by atoms with Gasteiger partial charge in [0.15, 0.2) is 0 Å². The molecule has 0 aliphatic rings. The lowest BCUT2D eigenvalue weighted by Gasteiger charge is -2.14. The fourth-order valence-corrected chi connectivity index (χ4v) is 4.15. The van der Waals surface area contributed by atoms with E-state index in [4.69, 9.17) is 4.74 Å². The van der Waals surface area contributed by atoms with Gasteiger partial charge in [0.1, 0.15) is 16.3 Å². The first-order valence-electron chi connectivity index (χ1n) is 9.37. The van der Waals surface area contributed by atoms with E-state index < -0.39 is 5.97 Å². The maximum atomic E-state index is 12.9. The number of rotatable bonds is 6. The number of esters is 1. The summed E-state index contributed by atoms with van der Waals surface area (Å²) in [6.07, 6.45) is 1.34. The van der Waals surface area contributed by atoms with Gasteiger partial charge in [0.25, 0.3) is 5.56 Å². The van der Waals surface area contributed by atoms with E-state index in [9.17, 15) is 14.4 Å². The number of carbonyl (C=O) groups excluding carboxylic acids is 2. The zero-order valence-corrected chi connectivity index (χ0v) is 17.6. The van der Waals surface area contributed by atoms with Crippen LogP contribution in [-0.2, 0) is 16.1 Å². The first kappa shape index (κ1) is 20.7. The summed E-state index contributed by atoms with van der Waals surface area (Å²) in [7, 11) is 0. The molecule has 0 fully saturated rings. The van der Waals surface area contributed by atoms with Gasteiger partial charge < -0.3 is 10.1 Å². The third-order valence-corrected chi connectivity index (χ3v) is 5.73. The highest BCUT2D eigenvalue weighted by atomic mass is 32.1. The molecule has 2 heterocycles. The number of aromatic nitrogens is 2. The van der Waals surface area contributed by atoms with Crippen molar-refractivity contribution in [1.82, 2.24) is 9.55 Å². The Hall–Kier alpha value is -3.00. The van der Waals surface area contributed by atoms with Crippen LogP contribution in [0.15, 0.2) is 35.4 Å². The zero-order valence-electron chi connectivity index (χ0n) is 16.8. The molecule has 0 saturated heterocycles. The molecule has 1 amide bonds. The van der Waals surface area contributed by atoms with Crippen molar-refractivity contribution in [3.63, 3.8) is 0 Å². The lowest BCUT2D eigenvalue weighted by atomic mass is 10.0. The molecule has 7 nitrogen and oxygen atoms in total. The quantitative estimate of drug-likeness (QED) is 0.622. The minimum Gasteiger partial charge on any atom is -0.462 e. The summed E-state index contributed by atoms with van der Waals surface area (Å²) < 4.78 is 6.29. The van der Waals surface area contributed by atoms with Crippen molar-refractivity contribution in [3.8, 4) is 0 Å². The highest BCUT2D eigenvalue weighted by molar-refractivity contribution is 7.20. The molecule has 3 aromatic rings. The Kier molecular flexibility index (Phi) is 6.12. The largest absolute Gasteiger partial charge is 0.462 e. The van der Waals surface area contributed by atoms with Gasteiger partial charge in [-0.3, -0.25) is 14.2 Å². The van der Waals surface area contributed by atoms with Gasteiger partial charge in [0.05, 0.1) is 18.3 Å². The van der Waals surface area contributed by atoms with Crippen LogP contribution in [0.5, 0.6) is 0 Å². The number of fused-ring (bicyclic) bond motifs is 1. The number of hydrogen-bond donors (Lipinski definition) is 1. The molecule has 0 aliphatic carbocycles. The van der Waals surface area contributed by atoms with E-state index in [1.54, 1.807) is 13.8 Å². The molecular formula is C21H23N3O4S. The Morgan fingerprint density at radius 2 is 2.00 bits per heavy atom. The molecule has 0 bridgehead atoms. The molecule has 0 unspecified atom stereocenters. The first-order valence-corrected chi connectivity index (χ1v) is 10.2. The van der Waals surface area contributed by atoms with Gasteiger partial charge in [0, 0.05) is 5.69 Å². The molecule has 0 radical (unpaired) electrons. The molecule has 1 N–H and O–H groups in total. The van der Waals surface area contributed by atoms with Gasteiger partial charge in [-0.1, -0.05) is 32.0 Å². The van der Waals surface area contributed by atoms with Gasteiger partial charge in [-0.05, 0) is 37.0 Å². The Morgan fingerprint density at radius 3 is 2.69 bits per heavy atom. The van der Waals surface area contributed by atoms with Crippen LogP contribution in [0.2, 0.25) is 0 Å². The smallest absolute Gasteiger partial charge is 0.348 e. The number of nitrogens with one attached hydrogen (secondary N) is 1. The van der Waals surface area contributed by atoms with Crippen LogP contribution in [0.25, 0.3) is 10.2 Å². The van der Waals surface area contributed by atoms with Crippen molar-refractivity contribution < 1.29 is 14.3 Å². The van der Waals surface area contributed by atoms with Crippen molar-refractivity contribution in [3.05, 3.63) is 57.0 Å². The van der Waals surface area contributed by atoms with Crippen LogP contribution < -0.4 is 10.9 Å². The Labute approximate surface area is 172 Å². The number of amides is 1. The Bertz CT molecular complexity index is 1130. The van der Waals surface area contributed by atoms with Crippen LogP contribution in [0, 0.1) is 6.92 Å². The fourth-order valence-electron chi connectivity index (χ4n) is 3.12. The van der Waals surface area contributed by atoms with Crippen LogP contribution >= 0.6 is 11.3 Å². The van der Waals surface area contributed by atoms with E-state index in [0.29, 0.717) is 20.7 Å². The molecule has 3 rings (SSSR count). The lowest BCUT2D eigenvalue weighted by Crippen LogP contribution is -2.28. The second-order valence-corrected chi connectivity index (χ2v) is 7.92. The monoisotopic (exact) mass is 413 g/mol. The van der Waals surface area contributed by atoms with Gasteiger partial charge in [-0.25, -0.2) is 9.78 Å². The molecule has 8 heteroatoms. The average Bonchev–Trinajstić information content (AvgIpc) is 3.02. The fraction of sp³-hybridized carbons (Fsp3) is 0.333. The topological polar surface area (TPSA) is 90.3 Å². The third kappa shape index (κ3) is 4.22. The molecule has 0 spiro atoms. The normalized spacial score (nSPS) is 11.1. The summed E-state index contributed by atoms with van der Waals surface area (Å²) in [5, 5.41) is 3.22. The van der Waals surface area contributed by atoms with Crippen molar-refractivity contribution in [2.75, 3.05) is 11.9 Å². The minimum absolute atomic E-state index is 0.168. The second-order valence-electron chi connectivity index (χ2n) is 6.92. The number of carbonyl (C=O) groups is 2. The Morgan fingerprint density at radius 1 is 1.28 bits per heavy atom. The van der Waals surface area contributed by atoms with Crippen molar-refractivity contribution >= 4 is 39.1 Å². The highest BCUT2D eigenvalue weighted by Crippen LogP contribution is 2.27. The molecule has 0 aliphatic heterocycles. The van der Waals surface area contributed by atoms with Crippen LogP contribution in [-0.4, -0.2) is 28.0 Å². The van der Waals surface area contributed by atoms with E-state index in [1.807, 2.05) is 38.1 Å². The molecule has 1 aromatic carbocycles. The summed E-state index contributed by atoms with van der Waals surface area (Å²) in [5.74, 6) is -0.538. The van der Waals surface area contributed by atoms with Gasteiger partial charge in [-0.15, -0.1) is 11.3 Å². The summed E-state index contributed by atoms with van der Waals surface area (Å²) in [6.45, 7) is 7.60. The molecular weight excluding hydrogens is 390 g/mol. The highest BCUT2D eigenvalue weighted by Gasteiger charge is 2.21. The number of anilines is 1. The molecule has 29 heavy (non-hydrogen) atoms. The Balaban J connectivity index is 1.88. The number of ether oxygens (including phenoxy) is 1. The maximum absolute atomic E-state index is 12.9. The second kappa shape index (κ2) is 8.57. The number of para-hydroxylation sites is 1. The predicted octanol–water partition coefficient (Wildman–Crippen LogP) is 3.71. The summed E-state index contributed by atoms with van der Waals surface area (Å²) in [4.78, 5) is 42.6. The number of benzene rings is 1. The van der Waals surface area contributed by atoms with E-state index in [0.717, 1.165) is 22.6 Å². The van der Waals surface area contributed by atoms with Gasteiger partial charge in [0.2, 0.25) is 5.91 Å². The van der Waals surface area contributed by atoms with E-state index in [2.05, 4.69) is 10.3 Å². The van der Waals surface area contributed by atoms with Gasteiger partial charge in [-0.2, -0.15) is 0 Å². The number of aryl methyl sites for hydroxylation is 1. The number of hydrogen-bond acceptors (Lipinski definition) is 6. The molecule has 0 saturated carbocycles. The average molecular weight is 413 g/mol. The minimum atomic E-state index is -0.470. The standard InChI is InChI=1S/C21H23N3O4S/c1-5-28-21(27)18-13(4)17-19(29-18)22-11-24(20(17)26)10-16(25)23-15-9-7-6-8-14(15)12(2)3/h6-9,11-12H,5,10H2,1-4H3,(H,23,25). The van der Waals surface area contributed by atoms with Crippen LogP contribution in [0.3, 0.4) is 0 Å². The lowest BCUT2D eigenvalue weighted by molar-refractivity contribution is -0.116. The third-order valence-electron chi connectivity index (χ3n) is 4.55. The van der Waals surface area contributed by atoms with Crippen LogP contribution in [0.1, 0.15) is 47.5 Å². The van der Waals surface area contributed by atoms with Crippen molar-refractivity contribution in [1.29, 1.82) is 0 Å². The van der Waals surface area contributed by atoms with Crippen molar-refractivity contribution in [2.24, 2.45) is 0 Å². The van der Waals surface area contributed by atoms with E-state index in [-0.39, 0.29) is 30.5 Å². The number of thiophene rings is 1. The van der Waals surface area contributed by atoms with Crippen LogP contribution in [0.4, 0.5) is 5.69 Å². The SMILES string of the molecule is CCOC(=O)c1sc2ncn(CC(=O)Nc3ccccc3C(C)C)c(=O)c2c1C. The zero-order chi connectivity index (χ0) is 21.1. The summed E-state index contributed by atoms with van der Waals surface area (Å²) in [5.41, 5.74) is 1.92. The maximum Gasteiger partial charge on any atom is 0.348 e. The van der Waals surface area contributed by atoms with E-state index in [1.165, 1.54) is 10.9 Å². The summed E-state index contributed by atoms with van der Waals surface area (Å²) in [6, 6.07) is 7.58. The molecule has 152 valence electrons. The summed E-state index contributed by atoms with van der Waals surface area (Å²) >= 11 is 1.12. The van der Waals surface area contributed by atoms with Crippen molar-refractivity contribution in [2.45, 2.75) is 40.2 Å².